The fourth-order valence-electron chi connectivity index (χ4n) is 4.62. The van der Waals surface area contributed by atoms with Crippen molar-refractivity contribution in [2.24, 2.45) is 17.3 Å². The molecule has 0 amide bonds. The van der Waals surface area contributed by atoms with Gasteiger partial charge in [0.05, 0.1) is 5.41 Å². The number of benzene rings is 1. The van der Waals surface area contributed by atoms with E-state index in [1.807, 2.05) is 13.8 Å². The lowest BCUT2D eigenvalue weighted by molar-refractivity contribution is -0.147. The Morgan fingerprint density at radius 2 is 1.86 bits per heavy atom. The molecule has 2 aliphatic rings. The number of carbonyl (C=O) groups is 1. The molecule has 0 bridgehead atoms. The zero-order chi connectivity index (χ0) is 20.1. The Morgan fingerprint density at radius 1 is 1.18 bits per heavy atom. The maximum absolute atomic E-state index is 11.3. The SMILES string of the molecule is CC/C(=C\c1ccccc1)[C@H]1C[C@@H]1NC1CCC(CCC(C)(C)C(=O)O)CC1. The molecule has 0 saturated heterocycles. The van der Waals surface area contributed by atoms with Crippen LogP contribution in [0.15, 0.2) is 35.9 Å². The Hall–Kier alpha value is -1.61. The molecule has 0 aromatic heterocycles. The summed E-state index contributed by atoms with van der Waals surface area (Å²) in [5.74, 6) is 0.744. The Kier molecular flexibility index (Phi) is 6.98. The summed E-state index contributed by atoms with van der Waals surface area (Å²) in [4.78, 5) is 11.3. The second-order valence-corrected chi connectivity index (χ2v) is 9.54. The molecule has 0 radical (unpaired) electrons. The lowest BCUT2D eigenvalue weighted by Crippen LogP contribution is -2.36. The van der Waals surface area contributed by atoms with Gasteiger partial charge in [-0.1, -0.05) is 48.9 Å². The number of carboxylic acids is 1. The molecule has 3 rings (SSSR count). The molecule has 3 nitrogen and oxygen atoms in total. The van der Waals surface area contributed by atoms with E-state index < -0.39 is 11.4 Å². The smallest absolute Gasteiger partial charge is 0.309 e. The predicted molar refractivity (Wildman–Crippen MR) is 116 cm³/mol. The maximum Gasteiger partial charge on any atom is 0.309 e. The number of nitrogens with one attached hydrogen (secondary N) is 1. The van der Waals surface area contributed by atoms with Crippen LogP contribution in [0.5, 0.6) is 0 Å². The zero-order valence-electron chi connectivity index (χ0n) is 17.8. The van der Waals surface area contributed by atoms with Crippen LogP contribution in [0.3, 0.4) is 0 Å². The second kappa shape index (κ2) is 9.26. The van der Waals surface area contributed by atoms with Crippen LogP contribution in [0, 0.1) is 17.3 Å². The molecule has 2 N–H and O–H groups in total. The first kappa shape index (κ1) is 21.1. The fourth-order valence-corrected chi connectivity index (χ4v) is 4.62. The Labute approximate surface area is 170 Å². The van der Waals surface area contributed by atoms with Gasteiger partial charge in [-0.15, -0.1) is 0 Å². The van der Waals surface area contributed by atoms with Crippen molar-refractivity contribution in [1.82, 2.24) is 5.32 Å². The van der Waals surface area contributed by atoms with E-state index >= 15 is 0 Å². The summed E-state index contributed by atoms with van der Waals surface area (Å²) >= 11 is 0. The summed E-state index contributed by atoms with van der Waals surface area (Å²) < 4.78 is 0. The van der Waals surface area contributed by atoms with E-state index in [0.717, 1.165) is 19.3 Å². The molecule has 2 fully saturated rings. The number of rotatable bonds is 9. The second-order valence-electron chi connectivity index (χ2n) is 9.54. The van der Waals surface area contributed by atoms with Crippen molar-refractivity contribution in [2.45, 2.75) is 84.2 Å². The fraction of sp³-hybridized carbons (Fsp3) is 0.640. The summed E-state index contributed by atoms with van der Waals surface area (Å²) in [5.41, 5.74) is 2.31. The van der Waals surface area contributed by atoms with Crippen molar-refractivity contribution >= 4 is 12.0 Å². The standard InChI is InChI=1S/C25H37NO2/c1-4-20(16-19-8-6-5-7-9-19)22-17-23(22)26-21-12-10-18(11-13-21)14-15-25(2,3)24(27)28/h5-9,16,18,21-23,26H,4,10-15,17H2,1-3H3,(H,27,28)/b20-16+/t18?,21?,22-,23+/m1/s1. The number of aliphatic carboxylic acids is 1. The number of hydrogen-bond acceptors (Lipinski definition) is 2. The van der Waals surface area contributed by atoms with Gasteiger partial charge in [0.15, 0.2) is 0 Å². The molecule has 0 heterocycles. The van der Waals surface area contributed by atoms with Crippen LogP contribution in [0.1, 0.15) is 77.7 Å². The number of carboxylic acid groups (broad SMARTS) is 1. The third kappa shape index (κ3) is 5.70. The molecule has 0 unspecified atom stereocenters. The largest absolute Gasteiger partial charge is 0.481 e. The summed E-state index contributed by atoms with van der Waals surface area (Å²) in [6.07, 6.45) is 11.6. The van der Waals surface area contributed by atoms with Gasteiger partial charge in [0.1, 0.15) is 0 Å². The molecule has 2 saturated carbocycles. The van der Waals surface area contributed by atoms with E-state index in [1.165, 1.54) is 37.7 Å². The average Bonchev–Trinajstić information content (AvgIpc) is 3.45. The lowest BCUT2D eigenvalue weighted by Gasteiger charge is -2.31. The molecule has 0 aliphatic heterocycles. The average molecular weight is 384 g/mol. The summed E-state index contributed by atoms with van der Waals surface area (Å²) in [6.45, 7) is 5.97. The van der Waals surface area contributed by atoms with Crippen LogP contribution in [-0.2, 0) is 4.79 Å². The highest BCUT2D eigenvalue weighted by molar-refractivity contribution is 5.73. The minimum Gasteiger partial charge on any atom is -0.481 e. The van der Waals surface area contributed by atoms with Crippen LogP contribution >= 0.6 is 0 Å². The van der Waals surface area contributed by atoms with Crippen LogP contribution in [0.25, 0.3) is 6.08 Å². The van der Waals surface area contributed by atoms with Gasteiger partial charge in [0.2, 0.25) is 0 Å². The highest BCUT2D eigenvalue weighted by Crippen LogP contribution is 2.41. The van der Waals surface area contributed by atoms with Gasteiger partial charge in [-0.05, 0) is 82.6 Å². The molecular formula is C25H37NO2. The van der Waals surface area contributed by atoms with Gasteiger partial charge >= 0.3 is 5.97 Å². The van der Waals surface area contributed by atoms with E-state index in [1.54, 1.807) is 5.57 Å². The van der Waals surface area contributed by atoms with Crippen molar-refractivity contribution in [3.05, 3.63) is 41.5 Å². The molecule has 1 aromatic rings. The lowest BCUT2D eigenvalue weighted by atomic mass is 9.78. The number of hydrogen-bond donors (Lipinski definition) is 2. The van der Waals surface area contributed by atoms with E-state index in [9.17, 15) is 9.90 Å². The van der Waals surface area contributed by atoms with Gasteiger partial charge in [-0.2, -0.15) is 0 Å². The Morgan fingerprint density at radius 3 is 2.46 bits per heavy atom. The van der Waals surface area contributed by atoms with Gasteiger partial charge in [-0.3, -0.25) is 4.79 Å². The zero-order valence-corrected chi connectivity index (χ0v) is 17.8. The first-order chi connectivity index (χ1) is 13.4. The molecule has 3 heteroatoms. The Balaban J connectivity index is 1.41. The summed E-state index contributed by atoms with van der Waals surface area (Å²) in [6, 6.07) is 12.0. The van der Waals surface area contributed by atoms with Crippen molar-refractivity contribution in [3.63, 3.8) is 0 Å². The summed E-state index contributed by atoms with van der Waals surface area (Å²) in [7, 11) is 0. The highest BCUT2D eigenvalue weighted by atomic mass is 16.4. The molecule has 154 valence electrons. The van der Waals surface area contributed by atoms with E-state index in [4.69, 9.17) is 0 Å². The van der Waals surface area contributed by atoms with Crippen molar-refractivity contribution in [2.75, 3.05) is 0 Å². The predicted octanol–water partition coefficient (Wildman–Crippen LogP) is 5.91. The van der Waals surface area contributed by atoms with E-state index in [-0.39, 0.29) is 0 Å². The van der Waals surface area contributed by atoms with E-state index in [2.05, 4.69) is 48.6 Å². The van der Waals surface area contributed by atoms with Crippen LogP contribution < -0.4 is 5.32 Å². The van der Waals surface area contributed by atoms with Crippen LogP contribution in [0.4, 0.5) is 0 Å². The molecular weight excluding hydrogens is 346 g/mol. The van der Waals surface area contributed by atoms with Crippen molar-refractivity contribution in [3.8, 4) is 0 Å². The van der Waals surface area contributed by atoms with Gasteiger partial charge in [-0.25, -0.2) is 0 Å². The van der Waals surface area contributed by atoms with Gasteiger partial charge in [0.25, 0.3) is 0 Å². The first-order valence-corrected chi connectivity index (χ1v) is 11.1. The monoisotopic (exact) mass is 383 g/mol. The molecule has 0 spiro atoms. The minimum absolute atomic E-state index is 0.585. The van der Waals surface area contributed by atoms with Gasteiger partial charge < -0.3 is 10.4 Å². The first-order valence-electron chi connectivity index (χ1n) is 11.1. The molecule has 1 aromatic carbocycles. The Bertz CT molecular complexity index is 671. The third-order valence-electron chi connectivity index (χ3n) is 6.88. The van der Waals surface area contributed by atoms with Gasteiger partial charge in [0, 0.05) is 12.1 Å². The minimum atomic E-state index is -0.669. The normalized spacial score (nSPS) is 28.2. The van der Waals surface area contributed by atoms with Crippen LogP contribution in [0.2, 0.25) is 0 Å². The van der Waals surface area contributed by atoms with Crippen LogP contribution in [-0.4, -0.2) is 23.2 Å². The molecule has 2 aliphatic carbocycles. The highest BCUT2D eigenvalue weighted by Gasteiger charge is 2.40. The van der Waals surface area contributed by atoms with Crippen molar-refractivity contribution < 1.29 is 9.90 Å². The maximum atomic E-state index is 11.3. The topological polar surface area (TPSA) is 49.3 Å². The van der Waals surface area contributed by atoms with Crippen molar-refractivity contribution in [1.29, 1.82) is 0 Å². The molecule has 2 atom stereocenters. The molecule has 28 heavy (non-hydrogen) atoms. The third-order valence-corrected chi connectivity index (χ3v) is 6.88. The summed E-state index contributed by atoms with van der Waals surface area (Å²) in [5, 5.41) is 13.2. The van der Waals surface area contributed by atoms with E-state index in [0.29, 0.717) is 23.9 Å². The quantitative estimate of drug-likeness (QED) is 0.557.